The van der Waals surface area contributed by atoms with E-state index in [1.165, 1.54) is 11.1 Å². The summed E-state index contributed by atoms with van der Waals surface area (Å²) in [7, 11) is 0. The number of ether oxygens (including phenoxy) is 1. The average Bonchev–Trinajstić information content (AvgIpc) is 3.27. The van der Waals surface area contributed by atoms with Gasteiger partial charge in [0.05, 0.1) is 13.1 Å². The zero-order chi connectivity index (χ0) is 17.1. The van der Waals surface area contributed by atoms with Gasteiger partial charge in [-0.15, -0.1) is 0 Å². The molecule has 1 saturated heterocycles. The fraction of sp³-hybridized carbons (Fsp3) is 0.381. The van der Waals surface area contributed by atoms with Crippen molar-refractivity contribution >= 4 is 5.91 Å². The Balaban J connectivity index is 1.28. The fourth-order valence-corrected chi connectivity index (χ4v) is 3.90. The molecule has 2 atom stereocenters. The molecule has 2 aliphatic heterocycles. The molecule has 1 N–H and O–H groups in total. The predicted molar refractivity (Wildman–Crippen MR) is 97.6 cm³/mol. The number of carbonyl (C=O) groups excluding carboxylic acids is 1. The Kier molecular flexibility index (Phi) is 4.70. The van der Waals surface area contributed by atoms with Gasteiger partial charge in [-0.3, -0.25) is 9.69 Å². The lowest BCUT2D eigenvalue weighted by molar-refractivity contribution is -0.122. The number of amides is 1. The summed E-state index contributed by atoms with van der Waals surface area (Å²) < 4.78 is 5.89. The number of carbonyl (C=O) groups is 1. The minimum Gasteiger partial charge on any atom is -0.488 e. The third-order valence-corrected chi connectivity index (χ3v) is 5.14. The SMILES string of the molecule is O=C(CN1CCC[C@@H]1c1ccccc1)NC[C@H]1Cc2ccccc2O1. The average molecular weight is 336 g/mol. The van der Waals surface area contributed by atoms with Crippen LogP contribution >= 0.6 is 0 Å². The maximum absolute atomic E-state index is 12.4. The maximum atomic E-state index is 12.4. The summed E-state index contributed by atoms with van der Waals surface area (Å²) in [5.41, 5.74) is 2.54. The summed E-state index contributed by atoms with van der Waals surface area (Å²) in [6.07, 6.45) is 3.18. The van der Waals surface area contributed by atoms with Crippen molar-refractivity contribution in [3.63, 3.8) is 0 Å². The molecule has 0 spiro atoms. The van der Waals surface area contributed by atoms with Gasteiger partial charge in [-0.25, -0.2) is 0 Å². The smallest absolute Gasteiger partial charge is 0.234 e. The van der Waals surface area contributed by atoms with Gasteiger partial charge in [0.15, 0.2) is 0 Å². The summed E-state index contributed by atoms with van der Waals surface area (Å²) in [4.78, 5) is 14.7. The van der Waals surface area contributed by atoms with Crippen LogP contribution in [0.5, 0.6) is 5.75 Å². The van der Waals surface area contributed by atoms with Crippen LogP contribution in [0, 0.1) is 0 Å². The molecule has 130 valence electrons. The first-order valence-electron chi connectivity index (χ1n) is 9.10. The van der Waals surface area contributed by atoms with E-state index in [9.17, 15) is 4.79 Å². The Labute approximate surface area is 148 Å². The molecule has 0 bridgehead atoms. The van der Waals surface area contributed by atoms with E-state index in [2.05, 4.69) is 40.5 Å². The third-order valence-electron chi connectivity index (χ3n) is 5.14. The molecule has 25 heavy (non-hydrogen) atoms. The molecular weight excluding hydrogens is 312 g/mol. The summed E-state index contributed by atoms with van der Waals surface area (Å²) in [5, 5.41) is 3.05. The first kappa shape index (κ1) is 16.2. The van der Waals surface area contributed by atoms with Gasteiger partial charge in [0.2, 0.25) is 5.91 Å². The van der Waals surface area contributed by atoms with Crippen LogP contribution in [0.4, 0.5) is 0 Å². The third kappa shape index (κ3) is 3.69. The van der Waals surface area contributed by atoms with Crippen molar-refractivity contribution in [2.24, 2.45) is 0 Å². The van der Waals surface area contributed by atoms with Gasteiger partial charge < -0.3 is 10.1 Å². The highest BCUT2D eigenvalue weighted by molar-refractivity contribution is 5.78. The molecule has 0 radical (unpaired) electrons. The van der Waals surface area contributed by atoms with Gasteiger partial charge in [0.1, 0.15) is 11.9 Å². The van der Waals surface area contributed by atoms with Crippen LogP contribution in [0.25, 0.3) is 0 Å². The number of fused-ring (bicyclic) bond motifs is 1. The Morgan fingerprint density at radius 3 is 2.76 bits per heavy atom. The molecular formula is C21H24N2O2. The molecule has 1 fully saturated rings. The molecule has 2 aliphatic rings. The van der Waals surface area contributed by atoms with Gasteiger partial charge in [0.25, 0.3) is 0 Å². The van der Waals surface area contributed by atoms with E-state index >= 15 is 0 Å². The molecule has 1 amide bonds. The molecule has 0 aliphatic carbocycles. The summed E-state index contributed by atoms with van der Waals surface area (Å²) >= 11 is 0. The van der Waals surface area contributed by atoms with Crippen LogP contribution in [0.15, 0.2) is 54.6 Å². The van der Waals surface area contributed by atoms with Crippen molar-refractivity contribution in [1.29, 1.82) is 0 Å². The molecule has 4 rings (SSSR count). The first-order chi connectivity index (χ1) is 12.3. The van der Waals surface area contributed by atoms with Crippen LogP contribution in [0.3, 0.4) is 0 Å². The Morgan fingerprint density at radius 2 is 1.92 bits per heavy atom. The lowest BCUT2D eigenvalue weighted by Crippen LogP contribution is -2.41. The number of nitrogens with one attached hydrogen (secondary N) is 1. The van der Waals surface area contributed by atoms with E-state index in [0.29, 0.717) is 19.1 Å². The van der Waals surface area contributed by atoms with Crippen molar-refractivity contribution in [3.8, 4) is 5.75 Å². The maximum Gasteiger partial charge on any atom is 0.234 e. The van der Waals surface area contributed by atoms with Crippen molar-refractivity contribution in [2.75, 3.05) is 19.6 Å². The van der Waals surface area contributed by atoms with Crippen molar-refractivity contribution in [1.82, 2.24) is 10.2 Å². The van der Waals surface area contributed by atoms with E-state index in [1.54, 1.807) is 0 Å². The number of para-hydroxylation sites is 1. The highest BCUT2D eigenvalue weighted by Gasteiger charge is 2.28. The molecule has 0 unspecified atom stereocenters. The molecule has 0 saturated carbocycles. The van der Waals surface area contributed by atoms with Crippen molar-refractivity contribution < 1.29 is 9.53 Å². The number of benzene rings is 2. The summed E-state index contributed by atoms with van der Waals surface area (Å²) in [6.45, 7) is 2.01. The van der Waals surface area contributed by atoms with Crippen LogP contribution in [0.2, 0.25) is 0 Å². The predicted octanol–water partition coefficient (Wildman–Crippen LogP) is 2.94. The zero-order valence-electron chi connectivity index (χ0n) is 14.4. The molecule has 4 nitrogen and oxygen atoms in total. The highest BCUT2D eigenvalue weighted by Crippen LogP contribution is 2.31. The second-order valence-corrected chi connectivity index (χ2v) is 6.89. The summed E-state index contributed by atoms with van der Waals surface area (Å²) in [5.74, 6) is 1.04. The van der Waals surface area contributed by atoms with Gasteiger partial charge in [-0.1, -0.05) is 48.5 Å². The van der Waals surface area contributed by atoms with Crippen molar-refractivity contribution in [2.45, 2.75) is 31.4 Å². The number of nitrogens with zero attached hydrogens (tertiary/aromatic N) is 1. The standard InChI is InChI=1S/C21H24N2O2/c24-21(22-14-18-13-17-9-4-5-11-20(17)25-18)15-23-12-6-10-19(23)16-7-2-1-3-8-16/h1-5,7-9,11,18-19H,6,10,12-15H2,(H,22,24)/t18-,19-/m1/s1. The van der Waals surface area contributed by atoms with E-state index in [-0.39, 0.29) is 12.0 Å². The van der Waals surface area contributed by atoms with Crippen LogP contribution in [0.1, 0.15) is 30.0 Å². The fourth-order valence-electron chi connectivity index (χ4n) is 3.90. The van der Waals surface area contributed by atoms with E-state index < -0.39 is 0 Å². The second-order valence-electron chi connectivity index (χ2n) is 6.89. The van der Waals surface area contributed by atoms with Gasteiger partial charge in [-0.05, 0) is 36.6 Å². The van der Waals surface area contributed by atoms with E-state index in [4.69, 9.17) is 4.74 Å². The normalized spacial score (nSPS) is 22.4. The second kappa shape index (κ2) is 7.28. The lowest BCUT2D eigenvalue weighted by atomic mass is 10.0. The number of hydrogen-bond acceptors (Lipinski definition) is 3. The van der Waals surface area contributed by atoms with Crippen LogP contribution < -0.4 is 10.1 Å². The van der Waals surface area contributed by atoms with Crippen LogP contribution in [-0.4, -0.2) is 36.5 Å². The van der Waals surface area contributed by atoms with Crippen molar-refractivity contribution in [3.05, 3.63) is 65.7 Å². The van der Waals surface area contributed by atoms with E-state index in [0.717, 1.165) is 31.6 Å². The molecule has 0 aromatic heterocycles. The quantitative estimate of drug-likeness (QED) is 0.913. The van der Waals surface area contributed by atoms with Gasteiger partial charge >= 0.3 is 0 Å². The van der Waals surface area contributed by atoms with Crippen LogP contribution in [-0.2, 0) is 11.2 Å². The molecule has 2 aromatic carbocycles. The molecule has 2 aromatic rings. The van der Waals surface area contributed by atoms with E-state index in [1.807, 2.05) is 24.3 Å². The number of hydrogen-bond donors (Lipinski definition) is 1. The number of rotatable bonds is 5. The monoisotopic (exact) mass is 336 g/mol. The minimum absolute atomic E-state index is 0.0462. The Hall–Kier alpha value is -2.33. The highest BCUT2D eigenvalue weighted by atomic mass is 16.5. The molecule has 2 heterocycles. The Morgan fingerprint density at radius 1 is 1.12 bits per heavy atom. The minimum atomic E-state index is 0.0462. The molecule has 4 heteroatoms. The topological polar surface area (TPSA) is 41.6 Å². The summed E-state index contributed by atoms with van der Waals surface area (Å²) in [6, 6.07) is 18.9. The zero-order valence-corrected chi connectivity index (χ0v) is 14.4. The Bertz CT molecular complexity index is 707. The largest absolute Gasteiger partial charge is 0.488 e. The number of likely N-dealkylation sites (tertiary alicyclic amines) is 1. The first-order valence-corrected chi connectivity index (χ1v) is 9.10. The van der Waals surface area contributed by atoms with Gasteiger partial charge in [-0.2, -0.15) is 0 Å². The van der Waals surface area contributed by atoms with Gasteiger partial charge in [0, 0.05) is 12.5 Å². The lowest BCUT2D eigenvalue weighted by Gasteiger charge is -2.24.